The first-order valence-electron chi connectivity index (χ1n) is 8.10. The highest BCUT2D eigenvalue weighted by atomic mass is 19.1. The Labute approximate surface area is 127 Å². The van der Waals surface area contributed by atoms with Crippen molar-refractivity contribution in [3.05, 3.63) is 23.6 Å². The third-order valence-electron chi connectivity index (χ3n) is 4.42. The molecule has 1 aliphatic rings. The quantitative estimate of drug-likeness (QED) is 0.899. The summed E-state index contributed by atoms with van der Waals surface area (Å²) < 4.78 is 13.6. The van der Waals surface area contributed by atoms with Gasteiger partial charge in [0.05, 0.1) is 6.20 Å². The predicted octanol–water partition coefficient (Wildman–Crippen LogP) is 3.59. The minimum absolute atomic E-state index is 0.252. The van der Waals surface area contributed by atoms with E-state index in [1.165, 1.54) is 19.0 Å². The van der Waals surface area contributed by atoms with Crippen molar-refractivity contribution in [2.75, 3.05) is 18.0 Å². The maximum Gasteiger partial charge on any atom is 0.141 e. The third kappa shape index (κ3) is 4.16. The molecule has 1 aliphatic heterocycles. The van der Waals surface area contributed by atoms with E-state index in [0.717, 1.165) is 24.5 Å². The molecule has 0 aliphatic carbocycles. The van der Waals surface area contributed by atoms with Crippen LogP contribution in [0.4, 0.5) is 10.2 Å². The maximum absolute atomic E-state index is 13.6. The van der Waals surface area contributed by atoms with E-state index in [9.17, 15) is 4.39 Å². The molecule has 0 amide bonds. The van der Waals surface area contributed by atoms with Crippen LogP contribution in [-0.4, -0.2) is 24.1 Å². The Kier molecular flexibility index (Phi) is 5.57. The summed E-state index contributed by atoms with van der Waals surface area (Å²) in [6.07, 6.45) is 3.79. The van der Waals surface area contributed by atoms with E-state index in [2.05, 4.69) is 42.9 Å². The number of hydrogen-bond donors (Lipinski definition) is 1. The lowest BCUT2D eigenvalue weighted by Gasteiger charge is -2.39. The lowest BCUT2D eigenvalue weighted by molar-refractivity contribution is 0.360. The van der Waals surface area contributed by atoms with Crippen LogP contribution >= 0.6 is 0 Å². The predicted molar refractivity (Wildman–Crippen MR) is 85.9 cm³/mol. The van der Waals surface area contributed by atoms with Crippen LogP contribution in [-0.2, 0) is 6.54 Å². The number of nitrogens with zero attached hydrogens (tertiary/aromatic N) is 2. The summed E-state index contributed by atoms with van der Waals surface area (Å²) in [4.78, 5) is 6.74. The Morgan fingerprint density at radius 2 is 2.19 bits per heavy atom. The van der Waals surface area contributed by atoms with Crippen LogP contribution in [0.1, 0.15) is 46.1 Å². The molecule has 0 bridgehead atoms. The molecule has 118 valence electrons. The number of nitrogens with one attached hydrogen (secondary N) is 1. The second-order valence-corrected chi connectivity index (χ2v) is 6.71. The monoisotopic (exact) mass is 293 g/mol. The summed E-state index contributed by atoms with van der Waals surface area (Å²) in [5.74, 6) is 1.94. The van der Waals surface area contributed by atoms with Crippen molar-refractivity contribution in [3.63, 3.8) is 0 Å². The van der Waals surface area contributed by atoms with E-state index in [1.54, 1.807) is 6.07 Å². The van der Waals surface area contributed by atoms with E-state index in [4.69, 9.17) is 0 Å². The van der Waals surface area contributed by atoms with E-state index in [-0.39, 0.29) is 5.82 Å². The number of piperidine rings is 1. The van der Waals surface area contributed by atoms with Gasteiger partial charge in [-0.25, -0.2) is 9.37 Å². The van der Waals surface area contributed by atoms with Crippen molar-refractivity contribution in [1.29, 1.82) is 0 Å². The fourth-order valence-electron chi connectivity index (χ4n) is 2.99. The average molecular weight is 293 g/mol. The molecule has 1 N–H and O–H groups in total. The van der Waals surface area contributed by atoms with E-state index >= 15 is 0 Å². The number of aromatic nitrogens is 1. The molecule has 3 nitrogen and oxygen atoms in total. The first-order valence-corrected chi connectivity index (χ1v) is 8.10. The summed E-state index contributed by atoms with van der Waals surface area (Å²) in [5, 5.41) is 3.40. The zero-order valence-electron chi connectivity index (χ0n) is 13.7. The van der Waals surface area contributed by atoms with Gasteiger partial charge in [-0.2, -0.15) is 0 Å². The van der Waals surface area contributed by atoms with Gasteiger partial charge in [0.15, 0.2) is 0 Å². The topological polar surface area (TPSA) is 28.2 Å². The molecule has 0 saturated carbocycles. The molecule has 1 aromatic heterocycles. The summed E-state index contributed by atoms with van der Waals surface area (Å²) in [6, 6.07) is 2.09. The molecule has 0 spiro atoms. The highest BCUT2D eigenvalue weighted by molar-refractivity contribution is 5.48. The van der Waals surface area contributed by atoms with E-state index in [0.29, 0.717) is 24.4 Å². The Balaban J connectivity index is 2.17. The van der Waals surface area contributed by atoms with Crippen LogP contribution in [0.3, 0.4) is 0 Å². The first-order chi connectivity index (χ1) is 9.99. The number of hydrogen-bond acceptors (Lipinski definition) is 3. The van der Waals surface area contributed by atoms with Gasteiger partial charge in [0.1, 0.15) is 11.6 Å². The fourth-order valence-corrected chi connectivity index (χ4v) is 2.99. The molecule has 2 atom stereocenters. The lowest BCUT2D eigenvalue weighted by Crippen LogP contribution is -2.43. The molecule has 4 heteroatoms. The Bertz CT molecular complexity index is 461. The molecule has 2 unspecified atom stereocenters. The van der Waals surface area contributed by atoms with Gasteiger partial charge in [-0.3, -0.25) is 0 Å². The fraction of sp³-hybridized carbons (Fsp3) is 0.706. The molecular weight excluding hydrogens is 265 g/mol. The smallest absolute Gasteiger partial charge is 0.141 e. The molecule has 1 saturated heterocycles. The number of anilines is 1. The molecule has 1 aromatic rings. The van der Waals surface area contributed by atoms with Gasteiger partial charge in [-0.05, 0) is 44.2 Å². The van der Waals surface area contributed by atoms with Crippen molar-refractivity contribution in [2.45, 2.75) is 53.1 Å². The molecule has 0 radical (unpaired) electrons. The highest BCUT2D eigenvalue weighted by Crippen LogP contribution is 2.29. The number of rotatable bonds is 5. The van der Waals surface area contributed by atoms with Crippen molar-refractivity contribution < 1.29 is 4.39 Å². The van der Waals surface area contributed by atoms with Crippen LogP contribution < -0.4 is 10.2 Å². The standard InChI is InChI=1S/C17H28FN3/c1-12(2)9-19-10-15-8-16(18)11-20-17(15)21-7-5-6-13(3)14(21)4/h8,11-14,19H,5-7,9-10H2,1-4H3. The van der Waals surface area contributed by atoms with Gasteiger partial charge >= 0.3 is 0 Å². The van der Waals surface area contributed by atoms with Crippen molar-refractivity contribution in [1.82, 2.24) is 10.3 Å². The van der Waals surface area contributed by atoms with Crippen molar-refractivity contribution in [2.24, 2.45) is 11.8 Å². The zero-order valence-corrected chi connectivity index (χ0v) is 13.7. The first kappa shape index (κ1) is 16.2. The van der Waals surface area contributed by atoms with E-state index in [1.807, 2.05) is 0 Å². The van der Waals surface area contributed by atoms with Gasteiger partial charge in [0.2, 0.25) is 0 Å². The minimum Gasteiger partial charge on any atom is -0.353 e. The van der Waals surface area contributed by atoms with Gasteiger partial charge < -0.3 is 10.2 Å². The molecule has 0 aromatic carbocycles. The van der Waals surface area contributed by atoms with Crippen LogP contribution in [0.5, 0.6) is 0 Å². The zero-order chi connectivity index (χ0) is 15.4. The Morgan fingerprint density at radius 3 is 2.90 bits per heavy atom. The normalized spacial score (nSPS) is 22.9. The van der Waals surface area contributed by atoms with Crippen molar-refractivity contribution >= 4 is 5.82 Å². The van der Waals surface area contributed by atoms with Gasteiger partial charge in [-0.15, -0.1) is 0 Å². The van der Waals surface area contributed by atoms with E-state index < -0.39 is 0 Å². The Hall–Kier alpha value is -1.16. The molecule has 2 heterocycles. The highest BCUT2D eigenvalue weighted by Gasteiger charge is 2.27. The molecule has 1 fully saturated rings. The average Bonchev–Trinajstić information content (AvgIpc) is 2.42. The SMILES string of the molecule is CC(C)CNCc1cc(F)cnc1N1CCCC(C)C1C. The summed E-state index contributed by atoms with van der Waals surface area (Å²) in [7, 11) is 0. The molecule has 2 rings (SSSR count). The maximum atomic E-state index is 13.6. The largest absolute Gasteiger partial charge is 0.353 e. The third-order valence-corrected chi connectivity index (χ3v) is 4.42. The van der Waals surface area contributed by atoms with Crippen LogP contribution in [0.2, 0.25) is 0 Å². The summed E-state index contributed by atoms with van der Waals surface area (Å²) in [6.45, 7) is 11.5. The molecule has 21 heavy (non-hydrogen) atoms. The second kappa shape index (κ2) is 7.21. The minimum atomic E-state index is -0.252. The second-order valence-electron chi connectivity index (χ2n) is 6.71. The lowest BCUT2D eigenvalue weighted by atomic mass is 9.92. The number of halogens is 1. The van der Waals surface area contributed by atoms with Crippen LogP contribution in [0.25, 0.3) is 0 Å². The Morgan fingerprint density at radius 1 is 1.43 bits per heavy atom. The van der Waals surface area contributed by atoms with Crippen molar-refractivity contribution in [3.8, 4) is 0 Å². The van der Waals surface area contributed by atoms with Gasteiger partial charge in [-0.1, -0.05) is 20.8 Å². The summed E-state index contributed by atoms with van der Waals surface area (Å²) in [5.41, 5.74) is 0.969. The molecular formula is C17H28FN3. The van der Waals surface area contributed by atoms with Crippen LogP contribution in [0, 0.1) is 17.7 Å². The van der Waals surface area contributed by atoms with Crippen LogP contribution in [0.15, 0.2) is 12.3 Å². The number of pyridine rings is 1. The summed E-state index contributed by atoms with van der Waals surface area (Å²) >= 11 is 0. The van der Waals surface area contributed by atoms with Gasteiger partial charge in [0.25, 0.3) is 0 Å². The van der Waals surface area contributed by atoms with Gasteiger partial charge in [0, 0.05) is 24.7 Å².